The Morgan fingerprint density at radius 1 is 0.970 bits per heavy atom. The third kappa shape index (κ3) is 12.0. The highest BCUT2D eigenvalue weighted by Gasteiger charge is 2.33. The summed E-state index contributed by atoms with van der Waals surface area (Å²) in [5.41, 5.74) is 7.36. The normalized spacial score (nSPS) is 20.0. The van der Waals surface area contributed by atoms with Gasteiger partial charge in [0.2, 0.25) is 0 Å². The highest BCUT2D eigenvalue weighted by atomic mass is 32.1. The molecule has 0 radical (unpaired) electrons. The molecule has 3 rings (SSSR count). The summed E-state index contributed by atoms with van der Waals surface area (Å²) in [7, 11) is 0. The number of halogens is 3. The fourth-order valence-corrected chi connectivity index (χ4v) is 4.10. The summed E-state index contributed by atoms with van der Waals surface area (Å²) >= 11 is 4.07. The first kappa shape index (κ1) is 31.5. The zero-order valence-corrected chi connectivity index (χ0v) is 22.3. The van der Waals surface area contributed by atoms with Crippen LogP contribution >= 0.6 is 12.6 Å². The van der Waals surface area contributed by atoms with Crippen molar-refractivity contribution in [3.63, 3.8) is 0 Å². The molecule has 1 aliphatic rings. The first-order chi connectivity index (χ1) is 15.5. The van der Waals surface area contributed by atoms with Gasteiger partial charge >= 0.3 is 6.18 Å². The van der Waals surface area contributed by atoms with E-state index in [0.29, 0.717) is 17.3 Å². The Hall–Kier alpha value is -1.46. The smallest absolute Gasteiger partial charge is 0.316 e. The summed E-state index contributed by atoms with van der Waals surface area (Å²) in [6, 6.07) is 15.4. The van der Waals surface area contributed by atoms with Gasteiger partial charge in [-0.3, -0.25) is 0 Å². The maximum Gasteiger partial charge on any atom is 0.416 e. The van der Waals surface area contributed by atoms with Crippen LogP contribution in [-0.2, 0) is 12.6 Å². The number of alkyl halides is 3. The van der Waals surface area contributed by atoms with Crippen LogP contribution in [0.15, 0.2) is 54.6 Å². The maximum atomic E-state index is 12.5. The minimum Gasteiger partial charge on any atom is -0.316 e. The second-order valence-corrected chi connectivity index (χ2v) is 9.46. The molecule has 1 nitrogen and oxygen atoms in total. The van der Waals surface area contributed by atoms with Crippen molar-refractivity contribution in [3.05, 3.63) is 71.3 Å². The van der Waals surface area contributed by atoms with Crippen molar-refractivity contribution in [2.45, 2.75) is 85.7 Å². The Balaban J connectivity index is 0.000000658. The number of rotatable bonds is 3. The van der Waals surface area contributed by atoms with Gasteiger partial charge in [0, 0.05) is 0 Å². The molecule has 3 atom stereocenters. The van der Waals surface area contributed by atoms with Gasteiger partial charge in [-0.25, -0.2) is 0 Å². The lowest BCUT2D eigenvalue weighted by molar-refractivity contribution is -0.137. The molecule has 0 spiro atoms. The molecular weight excluding hydrogens is 439 g/mol. The Morgan fingerprint density at radius 3 is 1.91 bits per heavy atom. The number of nitrogens with two attached hydrogens (primary N) is 1. The monoisotopic (exact) mass is 483 g/mol. The summed E-state index contributed by atoms with van der Waals surface area (Å²) in [4.78, 5) is 0. The van der Waals surface area contributed by atoms with Gasteiger partial charge < -0.3 is 5.73 Å². The maximum absolute atomic E-state index is 12.5. The third-order valence-corrected chi connectivity index (χ3v) is 6.11. The van der Waals surface area contributed by atoms with Crippen LogP contribution in [0.5, 0.6) is 0 Å². The quantitative estimate of drug-likeness (QED) is 0.330. The second kappa shape index (κ2) is 15.4. The Kier molecular flexibility index (Phi) is 14.8. The summed E-state index contributed by atoms with van der Waals surface area (Å²) < 4.78 is 37.6. The predicted octanol–water partition coefficient (Wildman–Crippen LogP) is 9.34. The standard InChI is InChI=1S/C17H23F3.C7H9NS.2C2H6/c1-12-8-9-16(2,3)11-14(12)10-13-4-6-15(7-5-13)17(18,19)20;8-7(9)6-4-2-1-3-5-6;2*1-2/h4-7,12,14H,8-11H2,1-3H3;1-5,7,9H,8H2;2*1-2H3/t12?,14-;;;/m0.../s1. The molecule has 0 amide bonds. The van der Waals surface area contributed by atoms with E-state index in [-0.39, 0.29) is 5.37 Å². The van der Waals surface area contributed by atoms with E-state index in [1.165, 1.54) is 25.0 Å². The van der Waals surface area contributed by atoms with Crippen molar-refractivity contribution >= 4 is 12.6 Å². The fourth-order valence-electron chi connectivity index (χ4n) is 3.92. The van der Waals surface area contributed by atoms with Crippen LogP contribution in [0.4, 0.5) is 13.2 Å². The van der Waals surface area contributed by atoms with Gasteiger partial charge in [-0.1, -0.05) is 90.9 Å². The zero-order valence-electron chi connectivity index (χ0n) is 21.4. The molecule has 188 valence electrons. The van der Waals surface area contributed by atoms with Crippen LogP contribution in [0.1, 0.15) is 89.8 Å². The van der Waals surface area contributed by atoms with E-state index in [9.17, 15) is 13.2 Å². The Bertz CT molecular complexity index is 740. The van der Waals surface area contributed by atoms with E-state index in [1.54, 1.807) is 12.1 Å². The molecular formula is C28H44F3NS. The third-order valence-electron chi connectivity index (χ3n) is 5.82. The lowest BCUT2D eigenvalue weighted by Crippen LogP contribution is -2.29. The summed E-state index contributed by atoms with van der Waals surface area (Å²) in [6.45, 7) is 14.8. The van der Waals surface area contributed by atoms with E-state index in [4.69, 9.17) is 5.73 Å². The number of benzene rings is 2. The van der Waals surface area contributed by atoms with Gasteiger partial charge in [0.1, 0.15) is 0 Å². The Labute approximate surface area is 205 Å². The fraction of sp³-hybridized carbons (Fsp3) is 0.571. The van der Waals surface area contributed by atoms with Gasteiger partial charge in [-0.2, -0.15) is 25.8 Å². The van der Waals surface area contributed by atoms with Crippen molar-refractivity contribution in [2.24, 2.45) is 23.0 Å². The minimum absolute atomic E-state index is 0.147. The zero-order chi connectivity index (χ0) is 25.7. The van der Waals surface area contributed by atoms with E-state index in [0.717, 1.165) is 24.0 Å². The molecule has 1 aliphatic carbocycles. The van der Waals surface area contributed by atoms with Crippen LogP contribution in [0, 0.1) is 17.3 Å². The summed E-state index contributed by atoms with van der Waals surface area (Å²) in [5, 5.41) is -0.147. The van der Waals surface area contributed by atoms with Gasteiger partial charge in [-0.15, -0.1) is 0 Å². The van der Waals surface area contributed by atoms with Gasteiger partial charge in [-0.05, 0) is 66.2 Å². The van der Waals surface area contributed by atoms with Gasteiger partial charge in [0.15, 0.2) is 0 Å². The van der Waals surface area contributed by atoms with Crippen molar-refractivity contribution in [2.75, 3.05) is 0 Å². The van der Waals surface area contributed by atoms with Crippen LogP contribution < -0.4 is 5.73 Å². The lowest BCUT2D eigenvalue weighted by atomic mass is 9.66. The molecule has 2 aromatic carbocycles. The predicted molar refractivity (Wildman–Crippen MR) is 140 cm³/mol. The molecule has 1 fully saturated rings. The SMILES string of the molecule is CC.CC.CC1CCC(C)(C)C[C@@H]1Cc1ccc(C(F)(F)F)cc1.NC(S)c1ccccc1. The molecule has 1 saturated carbocycles. The van der Waals surface area contributed by atoms with Crippen LogP contribution in [0.25, 0.3) is 0 Å². The van der Waals surface area contributed by atoms with Gasteiger partial charge in [0.05, 0.1) is 10.9 Å². The second-order valence-electron chi connectivity index (χ2n) is 8.90. The van der Waals surface area contributed by atoms with E-state index >= 15 is 0 Å². The first-order valence-electron chi connectivity index (χ1n) is 12.1. The molecule has 33 heavy (non-hydrogen) atoms. The highest BCUT2D eigenvalue weighted by Crippen LogP contribution is 2.43. The Morgan fingerprint density at radius 2 is 1.48 bits per heavy atom. The van der Waals surface area contributed by atoms with Crippen molar-refractivity contribution < 1.29 is 13.2 Å². The molecule has 5 heteroatoms. The van der Waals surface area contributed by atoms with Crippen LogP contribution in [0.2, 0.25) is 0 Å². The number of hydrogen-bond acceptors (Lipinski definition) is 2. The highest BCUT2D eigenvalue weighted by molar-refractivity contribution is 7.80. The molecule has 0 bridgehead atoms. The number of hydrogen-bond donors (Lipinski definition) is 2. The molecule has 2 N–H and O–H groups in total. The van der Waals surface area contributed by atoms with E-state index in [1.807, 2.05) is 58.0 Å². The average molecular weight is 484 g/mol. The average Bonchev–Trinajstić information content (AvgIpc) is 2.80. The van der Waals surface area contributed by atoms with Gasteiger partial charge in [0.25, 0.3) is 0 Å². The van der Waals surface area contributed by atoms with Crippen molar-refractivity contribution in [3.8, 4) is 0 Å². The number of thiol groups is 1. The van der Waals surface area contributed by atoms with Crippen molar-refractivity contribution in [1.82, 2.24) is 0 Å². The lowest BCUT2D eigenvalue weighted by Gasteiger charge is -2.39. The topological polar surface area (TPSA) is 26.0 Å². The largest absolute Gasteiger partial charge is 0.416 e. The molecule has 2 aromatic rings. The molecule has 0 heterocycles. The van der Waals surface area contributed by atoms with E-state index < -0.39 is 11.7 Å². The summed E-state index contributed by atoms with van der Waals surface area (Å²) in [6.07, 6.45) is 0.284. The molecule has 2 unspecified atom stereocenters. The first-order valence-corrected chi connectivity index (χ1v) is 12.6. The summed E-state index contributed by atoms with van der Waals surface area (Å²) in [5.74, 6) is 1.24. The molecule has 0 saturated heterocycles. The van der Waals surface area contributed by atoms with Crippen LogP contribution in [-0.4, -0.2) is 0 Å². The molecule has 0 aromatic heterocycles. The molecule has 0 aliphatic heterocycles. The van der Waals surface area contributed by atoms with E-state index in [2.05, 4.69) is 33.4 Å². The minimum atomic E-state index is -4.24. The van der Waals surface area contributed by atoms with Crippen molar-refractivity contribution in [1.29, 1.82) is 0 Å². The van der Waals surface area contributed by atoms with Crippen LogP contribution in [0.3, 0.4) is 0 Å².